The zero-order chi connectivity index (χ0) is 12.0. The monoisotopic (exact) mass is 208 g/mol. The second-order valence-corrected chi connectivity index (χ2v) is 2.01. The van der Waals surface area contributed by atoms with Crippen molar-refractivity contribution >= 4 is 18.7 Å². The molecule has 0 spiro atoms. The summed E-state index contributed by atoms with van der Waals surface area (Å²) in [6.07, 6.45) is 0.805. The summed E-state index contributed by atoms with van der Waals surface area (Å²) in [6, 6.07) is 0. The molecular weight excluding hydrogens is 192 g/mol. The van der Waals surface area contributed by atoms with Gasteiger partial charge < -0.3 is 19.7 Å². The van der Waals surface area contributed by atoms with Crippen molar-refractivity contribution in [3.05, 3.63) is 0 Å². The molecule has 6 nitrogen and oxygen atoms in total. The number of carbonyl (C=O) groups is 3. The van der Waals surface area contributed by atoms with Crippen molar-refractivity contribution < 1.29 is 29.3 Å². The molecular formula is C8H16O6. The third-order valence-electron chi connectivity index (χ3n) is 0.739. The Morgan fingerprint density at radius 2 is 1.64 bits per heavy atom. The number of carboxylic acids is 2. The molecule has 2 N–H and O–H groups in total. The van der Waals surface area contributed by atoms with Gasteiger partial charge in [0.05, 0.1) is 0 Å². The maximum atomic E-state index is 9.82. The molecule has 6 heteroatoms. The summed E-state index contributed by atoms with van der Waals surface area (Å²) in [5.41, 5.74) is 0. The number of ether oxygens (including phenoxy) is 1. The second kappa shape index (κ2) is 17.6. The molecule has 0 aromatic heterocycles. The average molecular weight is 208 g/mol. The van der Waals surface area contributed by atoms with Crippen LogP contribution in [0.4, 0.5) is 0 Å². The largest absolute Gasteiger partial charge is 0.481 e. The normalized spacial score (nSPS) is 7.29. The van der Waals surface area contributed by atoms with Crippen LogP contribution in [-0.4, -0.2) is 42.7 Å². The predicted octanol–water partition coefficient (Wildman–Crippen LogP) is 0.404. The number of aliphatic carboxylic acids is 2. The molecule has 0 unspecified atom stereocenters. The summed E-state index contributed by atoms with van der Waals surface area (Å²) >= 11 is 0. The fraction of sp³-hybridized carbons (Fsp3) is 0.625. The average Bonchev–Trinajstić information content (AvgIpc) is 2.07. The minimum atomic E-state index is -0.833. The van der Waals surface area contributed by atoms with Crippen molar-refractivity contribution in [2.75, 3.05) is 13.7 Å². The summed E-state index contributed by atoms with van der Waals surface area (Å²) in [4.78, 5) is 26.8. The standard InChI is InChI=1S/C5H10O3.C2H4O2.CH2O/c1-8-4-2-3-5(6)7;1-2(3)4;1-2/h2-4H2,1H3,(H,6,7);1H3,(H,3,4);1H2. The maximum Gasteiger partial charge on any atom is 0.303 e. The Labute approximate surface area is 82.5 Å². The number of hydrogen-bond donors (Lipinski definition) is 2. The Bertz CT molecular complexity index is 141. The number of methoxy groups -OCH3 is 1. The topological polar surface area (TPSA) is 101 Å². The van der Waals surface area contributed by atoms with Gasteiger partial charge in [0.1, 0.15) is 6.79 Å². The molecule has 0 aliphatic carbocycles. The molecule has 0 aliphatic heterocycles. The van der Waals surface area contributed by atoms with Crippen LogP contribution in [0, 0.1) is 0 Å². The van der Waals surface area contributed by atoms with Crippen LogP contribution in [0.15, 0.2) is 0 Å². The maximum absolute atomic E-state index is 9.82. The van der Waals surface area contributed by atoms with Gasteiger partial charge in [0, 0.05) is 27.1 Å². The highest BCUT2D eigenvalue weighted by Crippen LogP contribution is 1.86. The molecule has 0 rings (SSSR count). The zero-order valence-corrected chi connectivity index (χ0v) is 8.36. The van der Waals surface area contributed by atoms with Crippen LogP contribution < -0.4 is 0 Å². The van der Waals surface area contributed by atoms with E-state index in [4.69, 9.17) is 19.8 Å². The predicted molar refractivity (Wildman–Crippen MR) is 49.2 cm³/mol. The minimum Gasteiger partial charge on any atom is -0.481 e. The molecule has 0 aliphatic rings. The summed E-state index contributed by atoms with van der Waals surface area (Å²) in [5.74, 6) is -1.60. The van der Waals surface area contributed by atoms with Crippen LogP contribution in [0.5, 0.6) is 0 Å². The minimum absolute atomic E-state index is 0.202. The van der Waals surface area contributed by atoms with Crippen molar-refractivity contribution in [3.8, 4) is 0 Å². The molecule has 0 amide bonds. The third kappa shape index (κ3) is 76.0. The first-order chi connectivity index (χ1) is 6.50. The van der Waals surface area contributed by atoms with E-state index in [-0.39, 0.29) is 6.42 Å². The highest BCUT2D eigenvalue weighted by atomic mass is 16.5. The molecule has 14 heavy (non-hydrogen) atoms. The first-order valence-electron chi connectivity index (χ1n) is 3.69. The number of rotatable bonds is 4. The molecule has 0 saturated carbocycles. The van der Waals surface area contributed by atoms with Crippen LogP contribution in [0.2, 0.25) is 0 Å². The fourth-order valence-electron chi connectivity index (χ4n) is 0.368. The number of carboxylic acid groups (broad SMARTS) is 2. The molecule has 0 radical (unpaired) electrons. The first-order valence-corrected chi connectivity index (χ1v) is 3.69. The van der Waals surface area contributed by atoms with Crippen LogP contribution in [0.25, 0.3) is 0 Å². The summed E-state index contributed by atoms with van der Waals surface area (Å²) in [7, 11) is 1.56. The van der Waals surface area contributed by atoms with Crippen LogP contribution in [0.1, 0.15) is 19.8 Å². The van der Waals surface area contributed by atoms with Crippen LogP contribution >= 0.6 is 0 Å². The van der Waals surface area contributed by atoms with Crippen molar-refractivity contribution in [2.24, 2.45) is 0 Å². The lowest BCUT2D eigenvalue weighted by Gasteiger charge is -1.91. The van der Waals surface area contributed by atoms with Gasteiger partial charge in [0.2, 0.25) is 0 Å². The van der Waals surface area contributed by atoms with E-state index in [9.17, 15) is 4.79 Å². The van der Waals surface area contributed by atoms with Crippen molar-refractivity contribution in [1.82, 2.24) is 0 Å². The van der Waals surface area contributed by atoms with Gasteiger partial charge in [-0.15, -0.1) is 0 Å². The van der Waals surface area contributed by atoms with Gasteiger partial charge in [-0.25, -0.2) is 0 Å². The Hall–Kier alpha value is -1.43. The second-order valence-electron chi connectivity index (χ2n) is 2.01. The smallest absolute Gasteiger partial charge is 0.303 e. The van der Waals surface area contributed by atoms with E-state index >= 15 is 0 Å². The molecule has 0 atom stereocenters. The van der Waals surface area contributed by atoms with Gasteiger partial charge in [0.15, 0.2) is 0 Å². The first kappa shape index (κ1) is 18.4. The van der Waals surface area contributed by atoms with Gasteiger partial charge in [-0.05, 0) is 6.42 Å². The molecule has 0 bridgehead atoms. The van der Waals surface area contributed by atoms with Gasteiger partial charge in [-0.2, -0.15) is 0 Å². The van der Waals surface area contributed by atoms with E-state index in [0.29, 0.717) is 13.0 Å². The van der Waals surface area contributed by atoms with Gasteiger partial charge in [0.25, 0.3) is 5.97 Å². The zero-order valence-electron chi connectivity index (χ0n) is 8.36. The van der Waals surface area contributed by atoms with Gasteiger partial charge >= 0.3 is 5.97 Å². The van der Waals surface area contributed by atoms with E-state index in [2.05, 4.69) is 4.74 Å². The molecule has 0 saturated heterocycles. The van der Waals surface area contributed by atoms with E-state index in [1.807, 2.05) is 6.79 Å². The lowest BCUT2D eigenvalue weighted by molar-refractivity contribution is -0.137. The molecule has 0 aromatic carbocycles. The number of hydrogen-bond acceptors (Lipinski definition) is 4. The fourth-order valence-corrected chi connectivity index (χ4v) is 0.368. The van der Waals surface area contributed by atoms with Crippen LogP contribution in [0.3, 0.4) is 0 Å². The van der Waals surface area contributed by atoms with E-state index in [1.165, 1.54) is 0 Å². The quantitative estimate of drug-likeness (QED) is 0.648. The van der Waals surface area contributed by atoms with Crippen LogP contribution in [-0.2, 0) is 19.1 Å². The summed E-state index contributed by atoms with van der Waals surface area (Å²) in [6.45, 7) is 3.62. The van der Waals surface area contributed by atoms with Gasteiger partial charge in [-0.1, -0.05) is 0 Å². The highest BCUT2D eigenvalue weighted by molar-refractivity contribution is 5.66. The van der Waals surface area contributed by atoms with Gasteiger partial charge in [-0.3, -0.25) is 9.59 Å². The summed E-state index contributed by atoms with van der Waals surface area (Å²) in [5, 5.41) is 15.5. The molecule has 0 aromatic rings. The molecule has 0 heterocycles. The molecule has 0 fully saturated rings. The van der Waals surface area contributed by atoms with E-state index in [0.717, 1.165) is 6.92 Å². The molecule has 84 valence electrons. The van der Waals surface area contributed by atoms with Crippen molar-refractivity contribution in [2.45, 2.75) is 19.8 Å². The van der Waals surface area contributed by atoms with E-state index < -0.39 is 11.9 Å². The van der Waals surface area contributed by atoms with Crippen molar-refractivity contribution in [1.29, 1.82) is 0 Å². The lowest BCUT2D eigenvalue weighted by Crippen LogP contribution is -1.97. The Morgan fingerprint density at radius 3 is 1.86 bits per heavy atom. The number of carbonyl (C=O) groups excluding carboxylic acids is 1. The SMILES string of the molecule is C=O.CC(=O)O.COCCCC(=O)O. The Kier molecular flexibility index (Phi) is 23.1. The Balaban J connectivity index is -0.000000170. The van der Waals surface area contributed by atoms with Crippen molar-refractivity contribution in [3.63, 3.8) is 0 Å². The highest BCUT2D eigenvalue weighted by Gasteiger charge is 1.93. The Morgan fingerprint density at radius 1 is 1.29 bits per heavy atom. The third-order valence-corrected chi connectivity index (χ3v) is 0.739. The summed E-state index contributed by atoms with van der Waals surface area (Å²) < 4.78 is 4.63. The van der Waals surface area contributed by atoms with E-state index in [1.54, 1.807) is 7.11 Å². The lowest BCUT2D eigenvalue weighted by atomic mass is 10.3.